The number of nitrogens with one attached hydrogen (secondary N) is 4. The Balaban J connectivity index is 1.44. The van der Waals surface area contributed by atoms with Crippen LogP contribution in [0, 0.1) is 18.7 Å². The number of carbonyl (C=O) groups is 1. The van der Waals surface area contributed by atoms with Crippen LogP contribution in [-0.4, -0.2) is 36.1 Å². The van der Waals surface area contributed by atoms with Crippen molar-refractivity contribution in [1.82, 2.24) is 21.2 Å². The molecule has 2 saturated heterocycles. The number of piperidine rings is 1. The molecule has 0 aliphatic carbocycles. The van der Waals surface area contributed by atoms with Crippen molar-refractivity contribution in [3.63, 3.8) is 0 Å². The number of hydrogen-bond donors (Lipinski definition) is 4. The molecule has 0 radical (unpaired) electrons. The topological polar surface area (TPSA) is 78.1 Å². The molecule has 2 aromatic rings. The number of hydrogen-bond acceptors (Lipinski definition) is 6. The first-order chi connectivity index (χ1) is 12.6. The van der Waals surface area contributed by atoms with Crippen LogP contribution in [0.3, 0.4) is 0 Å². The molecule has 26 heavy (non-hydrogen) atoms. The molecular formula is C18H22FN5OS. The number of amides is 1. The molecule has 3 heterocycles. The minimum absolute atomic E-state index is 0.0834. The Hall–Kier alpha value is -1.87. The van der Waals surface area contributed by atoms with Gasteiger partial charge in [0, 0.05) is 29.8 Å². The number of aryl methyl sites for hydroxylation is 1. The fraction of sp³-hybridized carbons (Fsp3) is 0.444. The molecule has 3 atom stereocenters. The second kappa shape index (κ2) is 7.40. The summed E-state index contributed by atoms with van der Waals surface area (Å²) in [6.45, 7) is 3.67. The quantitative estimate of drug-likeness (QED) is 0.653. The van der Waals surface area contributed by atoms with Crippen LogP contribution >= 0.6 is 11.3 Å². The van der Waals surface area contributed by atoms with Gasteiger partial charge in [0.2, 0.25) is 5.91 Å². The third-order valence-electron chi connectivity index (χ3n) is 5.10. The molecule has 4 N–H and O–H groups in total. The Morgan fingerprint density at radius 1 is 1.38 bits per heavy atom. The first kappa shape index (κ1) is 17.5. The maximum atomic E-state index is 13.9. The van der Waals surface area contributed by atoms with Gasteiger partial charge >= 0.3 is 0 Å². The zero-order valence-corrected chi connectivity index (χ0v) is 15.3. The standard InChI is InChI=1S/C18H22FN5OS/c1-10-15(8-11-4-2-3-5-13(11)19)26-18(21-10)22-17(25)16-12-9-20-7-6-14(12)23-24-16/h2-5,12,14,16,20,23-24H,6-9H2,1H3,(H,21,22,25). The predicted octanol–water partition coefficient (Wildman–Crippen LogP) is 1.57. The van der Waals surface area contributed by atoms with Gasteiger partial charge in [-0.1, -0.05) is 18.2 Å². The predicted molar refractivity (Wildman–Crippen MR) is 99.5 cm³/mol. The van der Waals surface area contributed by atoms with E-state index in [1.165, 1.54) is 17.4 Å². The second-order valence-electron chi connectivity index (χ2n) is 6.81. The summed E-state index contributed by atoms with van der Waals surface area (Å²) in [6.07, 6.45) is 1.48. The fourth-order valence-electron chi connectivity index (χ4n) is 3.62. The van der Waals surface area contributed by atoms with E-state index in [2.05, 4.69) is 26.5 Å². The fourth-order valence-corrected chi connectivity index (χ4v) is 4.61. The molecule has 2 aliphatic rings. The van der Waals surface area contributed by atoms with Crippen molar-refractivity contribution >= 4 is 22.4 Å². The molecule has 1 aromatic heterocycles. The number of fused-ring (bicyclic) bond motifs is 1. The van der Waals surface area contributed by atoms with Crippen molar-refractivity contribution in [2.45, 2.75) is 31.8 Å². The summed E-state index contributed by atoms with van der Waals surface area (Å²) in [5.41, 5.74) is 7.79. The third-order valence-corrected chi connectivity index (χ3v) is 6.17. The molecule has 4 rings (SSSR count). The summed E-state index contributed by atoms with van der Waals surface area (Å²) >= 11 is 1.41. The first-order valence-electron chi connectivity index (χ1n) is 8.84. The average Bonchev–Trinajstić information content (AvgIpc) is 3.20. The Labute approximate surface area is 155 Å². The van der Waals surface area contributed by atoms with Crippen molar-refractivity contribution in [3.05, 3.63) is 46.2 Å². The van der Waals surface area contributed by atoms with Crippen molar-refractivity contribution in [2.24, 2.45) is 5.92 Å². The first-order valence-corrected chi connectivity index (χ1v) is 9.66. The number of aromatic nitrogens is 1. The van der Waals surface area contributed by atoms with E-state index in [-0.39, 0.29) is 23.7 Å². The number of benzene rings is 1. The van der Waals surface area contributed by atoms with Crippen LogP contribution in [-0.2, 0) is 11.2 Å². The number of nitrogens with zero attached hydrogens (tertiary/aromatic N) is 1. The average molecular weight is 375 g/mol. The zero-order valence-electron chi connectivity index (χ0n) is 14.5. The summed E-state index contributed by atoms with van der Waals surface area (Å²) in [6, 6.07) is 6.78. The molecule has 1 aromatic carbocycles. The Morgan fingerprint density at radius 2 is 2.23 bits per heavy atom. The SMILES string of the molecule is Cc1nc(NC(=O)C2NNC3CCNCC32)sc1Cc1ccccc1F. The highest BCUT2D eigenvalue weighted by Crippen LogP contribution is 2.27. The lowest BCUT2D eigenvalue weighted by Gasteiger charge is -2.27. The van der Waals surface area contributed by atoms with Gasteiger partial charge in [0.05, 0.1) is 5.69 Å². The van der Waals surface area contributed by atoms with Gasteiger partial charge in [-0.25, -0.2) is 14.8 Å². The molecule has 3 unspecified atom stereocenters. The van der Waals surface area contributed by atoms with E-state index < -0.39 is 0 Å². The number of halogens is 1. The molecule has 0 saturated carbocycles. The normalized spacial score (nSPS) is 25.1. The van der Waals surface area contributed by atoms with Crippen LogP contribution in [0.15, 0.2) is 24.3 Å². The largest absolute Gasteiger partial charge is 0.316 e. The summed E-state index contributed by atoms with van der Waals surface area (Å²) < 4.78 is 13.9. The van der Waals surface area contributed by atoms with E-state index >= 15 is 0 Å². The summed E-state index contributed by atoms with van der Waals surface area (Å²) in [7, 11) is 0. The molecule has 0 spiro atoms. The Kier molecular flexibility index (Phi) is 4.99. The van der Waals surface area contributed by atoms with Gasteiger partial charge in [0.15, 0.2) is 5.13 Å². The van der Waals surface area contributed by atoms with E-state index in [0.717, 1.165) is 30.1 Å². The number of hydrazine groups is 1. The van der Waals surface area contributed by atoms with E-state index in [1.54, 1.807) is 12.1 Å². The van der Waals surface area contributed by atoms with Crippen LogP contribution in [0.2, 0.25) is 0 Å². The zero-order chi connectivity index (χ0) is 18.1. The van der Waals surface area contributed by atoms with E-state index in [9.17, 15) is 9.18 Å². The smallest absolute Gasteiger partial charge is 0.245 e. The highest BCUT2D eigenvalue weighted by Gasteiger charge is 2.41. The molecule has 138 valence electrons. The van der Waals surface area contributed by atoms with Gasteiger partial charge in [0.1, 0.15) is 11.9 Å². The van der Waals surface area contributed by atoms with Crippen LogP contribution < -0.4 is 21.5 Å². The highest BCUT2D eigenvalue weighted by atomic mass is 32.1. The highest BCUT2D eigenvalue weighted by molar-refractivity contribution is 7.15. The maximum absolute atomic E-state index is 13.9. The molecule has 0 bridgehead atoms. The number of rotatable bonds is 4. The number of anilines is 1. The van der Waals surface area contributed by atoms with Crippen LogP contribution in [0.1, 0.15) is 22.6 Å². The van der Waals surface area contributed by atoms with Gasteiger partial charge in [-0.3, -0.25) is 10.2 Å². The minimum atomic E-state index is -0.285. The molecule has 1 amide bonds. The third kappa shape index (κ3) is 3.50. The maximum Gasteiger partial charge on any atom is 0.245 e. The lowest BCUT2D eigenvalue weighted by Crippen LogP contribution is -2.47. The van der Waals surface area contributed by atoms with Gasteiger partial charge in [-0.05, 0) is 31.5 Å². The number of carbonyl (C=O) groups excluding carboxylic acids is 1. The number of thiazole rings is 1. The van der Waals surface area contributed by atoms with Crippen LogP contribution in [0.4, 0.5) is 9.52 Å². The monoisotopic (exact) mass is 375 g/mol. The molecule has 6 nitrogen and oxygen atoms in total. The van der Waals surface area contributed by atoms with Gasteiger partial charge in [-0.15, -0.1) is 11.3 Å². The van der Waals surface area contributed by atoms with Crippen molar-refractivity contribution in [1.29, 1.82) is 0 Å². The lowest BCUT2D eigenvalue weighted by molar-refractivity contribution is -0.118. The van der Waals surface area contributed by atoms with Crippen molar-refractivity contribution < 1.29 is 9.18 Å². The summed E-state index contributed by atoms with van der Waals surface area (Å²) in [5, 5.41) is 6.83. The Bertz CT molecular complexity index is 811. The lowest BCUT2D eigenvalue weighted by atomic mass is 9.89. The molecule has 8 heteroatoms. The molecule has 2 aliphatic heterocycles. The Morgan fingerprint density at radius 3 is 3.08 bits per heavy atom. The van der Waals surface area contributed by atoms with Gasteiger partial charge in [0.25, 0.3) is 0 Å². The summed E-state index contributed by atoms with van der Waals surface area (Å²) in [4.78, 5) is 18.1. The van der Waals surface area contributed by atoms with Gasteiger partial charge in [-0.2, -0.15) is 0 Å². The molecule has 2 fully saturated rings. The summed E-state index contributed by atoms with van der Waals surface area (Å²) in [5.74, 6) is -0.0782. The van der Waals surface area contributed by atoms with E-state index in [0.29, 0.717) is 23.2 Å². The van der Waals surface area contributed by atoms with Crippen LogP contribution in [0.5, 0.6) is 0 Å². The van der Waals surface area contributed by atoms with Crippen molar-refractivity contribution in [2.75, 3.05) is 18.4 Å². The van der Waals surface area contributed by atoms with Crippen LogP contribution in [0.25, 0.3) is 0 Å². The minimum Gasteiger partial charge on any atom is -0.316 e. The van der Waals surface area contributed by atoms with Crippen molar-refractivity contribution in [3.8, 4) is 0 Å². The van der Waals surface area contributed by atoms with E-state index in [4.69, 9.17) is 0 Å². The second-order valence-corrected chi connectivity index (χ2v) is 7.90. The molecular weight excluding hydrogens is 353 g/mol. The van der Waals surface area contributed by atoms with Gasteiger partial charge < -0.3 is 10.6 Å². The van der Waals surface area contributed by atoms with E-state index in [1.807, 2.05) is 13.0 Å².